The molecule has 0 spiro atoms. The van der Waals surface area contributed by atoms with Gasteiger partial charge in [-0.2, -0.15) is 0 Å². The van der Waals surface area contributed by atoms with Crippen LogP contribution in [0.3, 0.4) is 0 Å². The number of hydrogen-bond acceptors (Lipinski definition) is 5. The van der Waals surface area contributed by atoms with Crippen molar-refractivity contribution in [2.45, 2.75) is 0 Å². The third-order valence-corrected chi connectivity index (χ3v) is 2.91. The van der Waals surface area contributed by atoms with Gasteiger partial charge in [-0.25, -0.2) is 0 Å². The van der Waals surface area contributed by atoms with Crippen molar-refractivity contribution >= 4 is 23.6 Å². The smallest absolute Gasteiger partial charge is 0.314 e. The number of halogens is 1. The number of aldehydes is 1. The predicted molar refractivity (Wildman–Crippen MR) is 76.6 cm³/mol. The fraction of sp³-hybridized carbons (Fsp3) is 0.0714. The molecule has 0 bridgehead atoms. The van der Waals surface area contributed by atoms with E-state index in [9.17, 15) is 14.9 Å². The van der Waals surface area contributed by atoms with E-state index in [2.05, 4.69) is 0 Å². The zero-order valence-corrected chi connectivity index (χ0v) is 11.7. The van der Waals surface area contributed by atoms with Crippen LogP contribution in [-0.2, 0) is 0 Å². The summed E-state index contributed by atoms with van der Waals surface area (Å²) in [6.45, 7) is 0. The van der Waals surface area contributed by atoms with Crippen LogP contribution < -0.4 is 9.47 Å². The largest absolute Gasteiger partial charge is 0.490 e. The fourth-order valence-electron chi connectivity index (χ4n) is 1.71. The third-order valence-electron chi connectivity index (χ3n) is 2.67. The number of hydrogen-bond donors (Lipinski definition) is 0. The molecule has 108 valence electrons. The molecule has 0 radical (unpaired) electrons. The number of nitro groups is 1. The predicted octanol–water partition coefficient (Wildman–Crippen LogP) is 3.86. The van der Waals surface area contributed by atoms with E-state index >= 15 is 0 Å². The molecule has 0 heterocycles. The topological polar surface area (TPSA) is 78.7 Å². The molecule has 21 heavy (non-hydrogen) atoms. The van der Waals surface area contributed by atoms with E-state index < -0.39 is 4.92 Å². The minimum Gasteiger partial charge on any atom is -0.490 e. The normalized spacial score (nSPS) is 10.0. The van der Waals surface area contributed by atoms with Crippen molar-refractivity contribution in [2.75, 3.05) is 7.11 Å². The molecule has 2 rings (SSSR count). The van der Waals surface area contributed by atoms with E-state index in [0.29, 0.717) is 11.3 Å². The summed E-state index contributed by atoms with van der Waals surface area (Å²) in [7, 11) is 1.34. The van der Waals surface area contributed by atoms with Crippen LogP contribution in [0.1, 0.15) is 10.4 Å². The van der Waals surface area contributed by atoms with Gasteiger partial charge in [0.05, 0.1) is 23.7 Å². The van der Waals surface area contributed by atoms with Crippen molar-refractivity contribution in [3.05, 3.63) is 57.1 Å². The van der Waals surface area contributed by atoms with Gasteiger partial charge in [-0.05, 0) is 30.3 Å². The van der Waals surface area contributed by atoms with Crippen molar-refractivity contribution in [3.8, 4) is 17.2 Å². The Kier molecular flexibility index (Phi) is 4.39. The lowest BCUT2D eigenvalue weighted by Crippen LogP contribution is -1.95. The monoisotopic (exact) mass is 307 g/mol. The zero-order chi connectivity index (χ0) is 15.4. The summed E-state index contributed by atoms with van der Waals surface area (Å²) < 4.78 is 10.4. The summed E-state index contributed by atoms with van der Waals surface area (Å²) >= 11 is 5.78. The van der Waals surface area contributed by atoms with Crippen LogP contribution in [-0.4, -0.2) is 18.3 Å². The number of benzene rings is 2. The van der Waals surface area contributed by atoms with Gasteiger partial charge >= 0.3 is 5.69 Å². The maximum atomic E-state index is 11.0. The average Bonchev–Trinajstić information content (AvgIpc) is 2.48. The highest BCUT2D eigenvalue weighted by Gasteiger charge is 2.16. The lowest BCUT2D eigenvalue weighted by atomic mass is 10.2. The molecule has 2 aromatic carbocycles. The highest BCUT2D eigenvalue weighted by atomic mass is 35.5. The second-order valence-corrected chi connectivity index (χ2v) is 4.43. The van der Waals surface area contributed by atoms with Crippen LogP contribution in [0.2, 0.25) is 5.02 Å². The molecule has 0 aliphatic carbocycles. The molecule has 0 aliphatic rings. The number of ether oxygens (including phenoxy) is 2. The Morgan fingerprint density at radius 1 is 1.19 bits per heavy atom. The maximum absolute atomic E-state index is 11.0. The molecule has 0 fully saturated rings. The Morgan fingerprint density at radius 2 is 1.90 bits per heavy atom. The molecule has 0 amide bonds. The van der Waals surface area contributed by atoms with Gasteiger partial charge in [0.15, 0.2) is 12.0 Å². The molecular weight excluding hydrogens is 298 g/mol. The number of carbonyl (C=O) groups is 1. The number of nitrogens with zero attached hydrogens (tertiary/aromatic N) is 1. The summed E-state index contributed by atoms with van der Waals surface area (Å²) in [5, 5.41) is 11.3. The second kappa shape index (κ2) is 6.23. The summed E-state index contributed by atoms with van der Waals surface area (Å²) in [5.74, 6) is 0.598. The van der Waals surface area contributed by atoms with Crippen LogP contribution in [0.25, 0.3) is 0 Å². The van der Waals surface area contributed by atoms with Crippen molar-refractivity contribution in [3.63, 3.8) is 0 Å². The Labute approximate surface area is 125 Å². The van der Waals surface area contributed by atoms with E-state index in [1.54, 1.807) is 6.07 Å². The standard InChI is InChI=1S/C14H10ClNO5/c1-20-14-5-3-11(7-12(14)16(18)19)21-13-4-2-10(15)6-9(13)8-17/h2-8H,1H3. The molecule has 0 unspecified atom stereocenters. The van der Waals surface area contributed by atoms with E-state index in [1.807, 2.05) is 0 Å². The van der Waals surface area contributed by atoms with Crippen LogP contribution in [0.15, 0.2) is 36.4 Å². The van der Waals surface area contributed by atoms with Crippen molar-refractivity contribution in [1.29, 1.82) is 0 Å². The first-order valence-electron chi connectivity index (χ1n) is 5.80. The van der Waals surface area contributed by atoms with Crippen molar-refractivity contribution < 1.29 is 19.2 Å². The van der Waals surface area contributed by atoms with E-state index in [0.717, 1.165) is 0 Å². The number of rotatable bonds is 5. The lowest BCUT2D eigenvalue weighted by molar-refractivity contribution is -0.385. The lowest BCUT2D eigenvalue weighted by Gasteiger charge is -2.09. The van der Waals surface area contributed by atoms with Gasteiger partial charge in [0.25, 0.3) is 0 Å². The van der Waals surface area contributed by atoms with Gasteiger partial charge in [-0.3, -0.25) is 14.9 Å². The van der Waals surface area contributed by atoms with Crippen molar-refractivity contribution in [1.82, 2.24) is 0 Å². The molecule has 6 nitrogen and oxygen atoms in total. The molecule has 2 aromatic rings. The summed E-state index contributed by atoms with van der Waals surface area (Å²) in [6, 6.07) is 8.67. The Hall–Kier alpha value is -2.60. The van der Waals surface area contributed by atoms with Gasteiger partial charge in [-0.15, -0.1) is 0 Å². The van der Waals surface area contributed by atoms with Gasteiger partial charge in [0, 0.05) is 5.02 Å². The van der Waals surface area contributed by atoms with E-state index in [-0.39, 0.29) is 28.5 Å². The molecule has 7 heteroatoms. The SMILES string of the molecule is COc1ccc(Oc2ccc(Cl)cc2C=O)cc1[N+](=O)[O-]. The number of methoxy groups -OCH3 is 1. The summed E-state index contributed by atoms with van der Waals surface area (Å²) in [4.78, 5) is 21.4. The average molecular weight is 308 g/mol. The number of nitro benzene ring substituents is 1. The van der Waals surface area contributed by atoms with E-state index in [1.165, 1.54) is 37.4 Å². The first-order chi connectivity index (χ1) is 10.0. The fourth-order valence-corrected chi connectivity index (χ4v) is 1.89. The molecule has 0 saturated carbocycles. The zero-order valence-electron chi connectivity index (χ0n) is 10.9. The second-order valence-electron chi connectivity index (χ2n) is 3.99. The molecule has 0 saturated heterocycles. The Morgan fingerprint density at radius 3 is 2.52 bits per heavy atom. The number of carbonyl (C=O) groups excluding carboxylic acids is 1. The first kappa shape index (κ1) is 14.8. The summed E-state index contributed by atoms with van der Waals surface area (Å²) in [6.07, 6.45) is 0.596. The van der Waals surface area contributed by atoms with Gasteiger partial charge in [-0.1, -0.05) is 11.6 Å². The van der Waals surface area contributed by atoms with Crippen molar-refractivity contribution in [2.24, 2.45) is 0 Å². The quantitative estimate of drug-likeness (QED) is 0.476. The van der Waals surface area contributed by atoms with Gasteiger partial charge in [0.1, 0.15) is 11.5 Å². The minimum atomic E-state index is -0.575. The van der Waals surface area contributed by atoms with Gasteiger partial charge in [0.2, 0.25) is 0 Å². The molecule has 0 N–H and O–H groups in total. The molecular formula is C14H10ClNO5. The van der Waals surface area contributed by atoms with E-state index in [4.69, 9.17) is 21.1 Å². The first-order valence-corrected chi connectivity index (χ1v) is 6.18. The maximum Gasteiger partial charge on any atom is 0.314 e. The van der Waals surface area contributed by atoms with Crippen LogP contribution in [0.5, 0.6) is 17.2 Å². The minimum absolute atomic E-state index is 0.124. The van der Waals surface area contributed by atoms with Crippen LogP contribution in [0, 0.1) is 10.1 Å². The summed E-state index contributed by atoms with van der Waals surface area (Å²) in [5.41, 5.74) is 0.0255. The molecule has 0 atom stereocenters. The third kappa shape index (κ3) is 3.29. The van der Waals surface area contributed by atoms with Crippen LogP contribution in [0.4, 0.5) is 5.69 Å². The molecule has 0 aliphatic heterocycles. The van der Waals surface area contributed by atoms with Gasteiger partial charge < -0.3 is 9.47 Å². The highest BCUT2D eigenvalue weighted by molar-refractivity contribution is 6.30. The Balaban J connectivity index is 2.38. The van der Waals surface area contributed by atoms with Crippen LogP contribution >= 0.6 is 11.6 Å². The Bertz CT molecular complexity index is 702. The highest BCUT2D eigenvalue weighted by Crippen LogP contribution is 2.34. The molecule has 0 aromatic heterocycles.